The van der Waals surface area contributed by atoms with Crippen LogP contribution in [0.3, 0.4) is 0 Å². The number of anilines is 1. The molecule has 1 aromatic heterocycles. The molecule has 0 saturated heterocycles. The number of amides is 1. The topological polar surface area (TPSA) is 65.5 Å². The summed E-state index contributed by atoms with van der Waals surface area (Å²) >= 11 is 0. The van der Waals surface area contributed by atoms with Crippen molar-refractivity contribution < 1.29 is 9.90 Å². The maximum Gasteiger partial charge on any atom is 0.272 e. The molecule has 2 N–H and O–H groups in total. The van der Waals surface area contributed by atoms with E-state index in [9.17, 15) is 4.79 Å². The van der Waals surface area contributed by atoms with Gasteiger partial charge in [0, 0.05) is 31.5 Å². The third kappa shape index (κ3) is 3.23. The van der Waals surface area contributed by atoms with Gasteiger partial charge in [0.25, 0.3) is 5.91 Å². The average Bonchev–Trinajstić information content (AvgIpc) is 2.98. The lowest BCUT2D eigenvalue weighted by Crippen LogP contribution is -2.41. The largest absolute Gasteiger partial charge is 0.395 e. The van der Waals surface area contributed by atoms with Crippen molar-refractivity contribution in [3.63, 3.8) is 0 Å². The molecule has 1 saturated carbocycles. The Kier molecular flexibility index (Phi) is 4.74. The third-order valence-corrected chi connectivity index (χ3v) is 3.63. The normalized spacial score (nSPS) is 15.5. The van der Waals surface area contributed by atoms with Crippen molar-refractivity contribution in [1.29, 1.82) is 0 Å². The number of hydrogen-bond donors (Lipinski definition) is 2. The van der Waals surface area contributed by atoms with Crippen LogP contribution in [0.4, 0.5) is 5.69 Å². The van der Waals surface area contributed by atoms with Crippen LogP contribution in [0.1, 0.15) is 36.2 Å². The predicted molar refractivity (Wildman–Crippen MR) is 74.2 cm³/mol. The fourth-order valence-corrected chi connectivity index (χ4v) is 2.62. The Labute approximate surface area is 113 Å². The zero-order chi connectivity index (χ0) is 13.7. The van der Waals surface area contributed by atoms with Gasteiger partial charge in [-0.1, -0.05) is 12.8 Å². The second-order valence-electron chi connectivity index (χ2n) is 4.84. The summed E-state index contributed by atoms with van der Waals surface area (Å²) in [6.07, 6.45) is 5.99. The van der Waals surface area contributed by atoms with Gasteiger partial charge in [-0.25, -0.2) is 0 Å². The van der Waals surface area contributed by atoms with Gasteiger partial charge < -0.3 is 15.3 Å². The molecular formula is C14H21N3O2. The SMILES string of the molecule is CNc1ccnc(C(=O)N(CCO)C2CCCC2)c1. The van der Waals surface area contributed by atoms with Crippen LogP contribution in [0, 0.1) is 0 Å². The molecule has 0 radical (unpaired) electrons. The van der Waals surface area contributed by atoms with Gasteiger partial charge >= 0.3 is 0 Å². The van der Waals surface area contributed by atoms with Gasteiger partial charge in [0.05, 0.1) is 6.61 Å². The number of rotatable bonds is 5. The maximum absolute atomic E-state index is 12.5. The molecule has 1 amide bonds. The summed E-state index contributed by atoms with van der Waals surface area (Å²) < 4.78 is 0. The number of nitrogens with one attached hydrogen (secondary N) is 1. The molecular weight excluding hydrogens is 242 g/mol. The Balaban J connectivity index is 2.17. The van der Waals surface area contributed by atoms with Crippen LogP contribution in [0.15, 0.2) is 18.3 Å². The van der Waals surface area contributed by atoms with Crippen molar-refractivity contribution >= 4 is 11.6 Å². The van der Waals surface area contributed by atoms with Crippen molar-refractivity contribution in [2.24, 2.45) is 0 Å². The molecule has 104 valence electrons. The first kappa shape index (κ1) is 13.8. The summed E-state index contributed by atoms with van der Waals surface area (Å²) in [5, 5.41) is 12.2. The smallest absolute Gasteiger partial charge is 0.272 e. The van der Waals surface area contributed by atoms with Crippen molar-refractivity contribution in [3.05, 3.63) is 24.0 Å². The fraction of sp³-hybridized carbons (Fsp3) is 0.571. The first-order chi connectivity index (χ1) is 9.26. The standard InChI is InChI=1S/C14H21N3O2/c1-15-11-6-7-16-13(10-11)14(19)17(8-9-18)12-4-2-3-5-12/h6-7,10,12,18H,2-5,8-9H2,1H3,(H,15,16). The number of nitrogens with zero attached hydrogens (tertiary/aromatic N) is 2. The van der Waals surface area contributed by atoms with Crippen LogP contribution >= 0.6 is 0 Å². The molecule has 5 heteroatoms. The van der Waals surface area contributed by atoms with E-state index in [1.54, 1.807) is 17.2 Å². The molecule has 1 aliphatic rings. The quantitative estimate of drug-likeness (QED) is 0.845. The summed E-state index contributed by atoms with van der Waals surface area (Å²) in [5.41, 5.74) is 1.31. The molecule has 1 fully saturated rings. The van der Waals surface area contributed by atoms with E-state index in [4.69, 9.17) is 5.11 Å². The van der Waals surface area contributed by atoms with Gasteiger partial charge in [-0.05, 0) is 25.0 Å². The van der Waals surface area contributed by atoms with Crippen LogP contribution in [-0.4, -0.2) is 47.1 Å². The van der Waals surface area contributed by atoms with E-state index in [0.717, 1.165) is 31.4 Å². The van der Waals surface area contributed by atoms with E-state index >= 15 is 0 Å². The van der Waals surface area contributed by atoms with E-state index in [1.807, 2.05) is 13.1 Å². The number of aliphatic hydroxyl groups excluding tert-OH is 1. The van der Waals surface area contributed by atoms with Crippen molar-refractivity contribution in [3.8, 4) is 0 Å². The average molecular weight is 263 g/mol. The highest BCUT2D eigenvalue weighted by atomic mass is 16.3. The van der Waals surface area contributed by atoms with Crippen molar-refractivity contribution in [2.75, 3.05) is 25.5 Å². The molecule has 0 atom stereocenters. The number of carbonyl (C=O) groups excluding carboxylic acids is 1. The summed E-state index contributed by atoms with van der Waals surface area (Å²) in [7, 11) is 1.81. The number of aromatic nitrogens is 1. The minimum Gasteiger partial charge on any atom is -0.395 e. The Hall–Kier alpha value is -1.62. The lowest BCUT2D eigenvalue weighted by atomic mass is 10.2. The highest BCUT2D eigenvalue weighted by Crippen LogP contribution is 2.24. The van der Waals surface area contributed by atoms with Gasteiger partial charge in [-0.2, -0.15) is 0 Å². The number of carbonyl (C=O) groups is 1. The first-order valence-electron chi connectivity index (χ1n) is 6.82. The molecule has 1 heterocycles. The Bertz CT molecular complexity index is 430. The van der Waals surface area contributed by atoms with Crippen molar-refractivity contribution in [2.45, 2.75) is 31.7 Å². The second-order valence-corrected chi connectivity index (χ2v) is 4.84. The van der Waals surface area contributed by atoms with E-state index in [-0.39, 0.29) is 18.6 Å². The van der Waals surface area contributed by atoms with Gasteiger partial charge in [0.1, 0.15) is 5.69 Å². The van der Waals surface area contributed by atoms with Crippen LogP contribution in [-0.2, 0) is 0 Å². The predicted octanol–water partition coefficient (Wildman–Crippen LogP) is 1.50. The van der Waals surface area contributed by atoms with Gasteiger partial charge in [-0.15, -0.1) is 0 Å². The van der Waals surface area contributed by atoms with Crippen LogP contribution in [0.5, 0.6) is 0 Å². The Morgan fingerprint density at radius 3 is 2.89 bits per heavy atom. The molecule has 0 unspecified atom stereocenters. The van der Waals surface area contributed by atoms with E-state index in [0.29, 0.717) is 12.2 Å². The number of hydrogen-bond acceptors (Lipinski definition) is 4. The minimum absolute atomic E-state index is 0.00599. The molecule has 5 nitrogen and oxygen atoms in total. The molecule has 2 rings (SSSR count). The fourth-order valence-electron chi connectivity index (χ4n) is 2.62. The third-order valence-electron chi connectivity index (χ3n) is 3.63. The molecule has 19 heavy (non-hydrogen) atoms. The maximum atomic E-state index is 12.5. The zero-order valence-electron chi connectivity index (χ0n) is 11.3. The van der Waals surface area contributed by atoms with E-state index in [1.165, 1.54) is 0 Å². The summed E-state index contributed by atoms with van der Waals surface area (Å²) in [4.78, 5) is 18.4. The van der Waals surface area contributed by atoms with Crippen molar-refractivity contribution in [1.82, 2.24) is 9.88 Å². The summed E-state index contributed by atoms with van der Waals surface area (Å²) in [6.45, 7) is 0.378. The Morgan fingerprint density at radius 2 is 2.26 bits per heavy atom. The van der Waals surface area contributed by atoms with E-state index in [2.05, 4.69) is 10.3 Å². The summed E-state index contributed by atoms with van der Waals surface area (Å²) in [5.74, 6) is -0.0851. The molecule has 0 aliphatic heterocycles. The highest BCUT2D eigenvalue weighted by molar-refractivity contribution is 5.93. The van der Waals surface area contributed by atoms with Crippen LogP contribution < -0.4 is 5.32 Å². The summed E-state index contributed by atoms with van der Waals surface area (Å²) in [6, 6.07) is 3.82. The monoisotopic (exact) mass is 263 g/mol. The van der Waals surface area contributed by atoms with Gasteiger partial charge in [0.2, 0.25) is 0 Å². The molecule has 0 aromatic carbocycles. The minimum atomic E-state index is -0.0851. The number of pyridine rings is 1. The molecule has 1 aliphatic carbocycles. The zero-order valence-corrected chi connectivity index (χ0v) is 11.3. The van der Waals surface area contributed by atoms with Crippen LogP contribution in [0.2, 0.25) is 0 Å². The van der Waals surface area contributed by atoms with E-state index < -0.39 is 0 Å². The Morgan fingerprint density at radius 1 is 1.53 bits per heavy atom. The highest BCUT2D eigenvalue weighted by Gasteiger charge is 2.27. The number of aliphatic hydroxyl groups is 1. The van der Waals surface area contributed by atoms with Crippen LogP contribution in [0.25, 0.3) is 0 Å². The van der Waals surface area contributed by atoms with Gasteiger partial charge in [-0.3, -0.25) is 9.78 Å². The molecule has 0 spiro atoms. The first-order valence-corrected chi connectivity index (χ1v) is 6.82. The van der Waals surface area contributed by atoms with Gasteiger partial charge in [0.15, 0.2) is 0 Å². The molecule has 0 bridgehead atoms. The molecule has 1 aromatic rings. The lowest BCUT2D eigenvalue weighted by Gasteiger charge is -2.28. The second kappa shape index (κ2) is 6.52. The lowest BCUT2D eigenvalue weighted by molar-refractivity contribution is 0.0632.